The second-order valence-corrected chi connectivity index (χ2v) is 3.97. The minimum atomic E-state index is 0. The smallest absolute Gasteiger partial charge is 0.696 e. The molecule has 2 rings (SSSR count). The van der Waals surface area contributed by atoms with Crippen LogP contribution in [0.2, 0.25) is 0 Å². The van der Waals surface area contributed by atoms with Gasteiger partial charge in [0.05, 0.1) is 0 Å². The summed E-state index contributed by atoms with van der Waals surface area (Å²) < 4.78 is 0. The van der Waals surface area contributed by atoms with Crippen LogP contribution >= 0.6 is 0 Å². The van der Waals surface area contributed by atoms with Gasteiger partial charge in [-0.2, -0.15) is 0 Å². The molecule has 0 N–H and O–H groups in total. The molecular weight excluding hydrogens is 330 g/mol. The number of thiocyanates is 2. The predicted molar refractivity (Wildman–Crippen MR) is 74.8 cm³/mol. The Balaban J connectivity index is 0. The third-order valence-electron chi connectivity index (χ3n) is 2.59. The summed E-state index contributed by atoms with van der Waals surface area (Å²) in [5, 5.41) is 16.9. The van der Waals surface area contributed by atoms with Crippen molar-refractivity contribution in [1.82, 2.24) is 9.88 Å². The van der Waals surface area contributed by atoms with Gasteiger partial charge in [0.1, 0.15) is 0 Å². The molecule has 96 valence electrons. The van der Waals surface area contributed by atoms with Crippen molar-refractivity contribution in [3.05, 3.63) is 30.1 Å². The van der Waals surface area contributed by atoms with Crippen LogP contribution in [0.25, 0.3) is 0 Å². The largest absolute Gasteiger partial charge is 2.00 e. The minimum Gasteiger partial charge on any atom is -0.696 e. The third-order valence-corrected chi connectivity index (χ3v) is 2.59. The normalized spacial score (nSPS) is 16.3. The molecule has 1 aliphatic rings. The Morgan fingerprint density at radius 2 is 1.95 bits per heavy atom. The van der Waals surface area contributed by atoms with Crippen LogP contribution in [-0.4, -0.2) is 23.5 Å². The molecule has 1 fully saturated rings. The van der Waals surface area contributed by atoms with Gasteiger partial charge in [-0.25, -0.2) is 10.5 Å². The Morgan fingerprint density at radius 3 is 2.32 bits per heavy atom. The van der Waals surface area contributed by atoms with Gasteiger partial charge in [-0.15, -0.1) is 0 Å². The molecule has 19 heavy (non-hydrogen) atoms. The van der Waals surface area contributed by atoms with Crippen LogP contribution < -0.4 is 0 Å². The van der Waals surface area contributed by atoms with E-state index < -0.39 is 0 Å². The van der Waals surface area contributed by atoms with Crippen LogP contribution in [-0.2, 0) is 44.7 Å². The standard InChI is InChI=1S/C10H14N2.2CHNS.Zn/c1-12-7-3-5-10(12)9-4-2-6-11-8-9;2*2-1-3;/h2,4,6,8,10H,3,5,7H2,1H3;2*3H;/q;;;+2/p-2/t10-;;;/m0.../s1. The van der Waals surface area contributed by atoms with Crippen LogP contribution in [0.3, 0.4) is 0 Å². The van der Waals surface area contributed by atoms with Crippen molar-refractivity contribution in [3.63, 3.8) is 0 Å². The van der Waals surface area contributed by atoms with E-state index in [9.17, 15) is 0 Å². The molecule has 0 aromatic carbocycles. The van der Waals surface area contributed by atoms with Crippen LogP contribution in [0.4, 0.5) is 0 Å². The van der Waals surface area contributed by atoms with E-state index >= 15 is 0 Å². The summed E-state index contributed by atoms with van der Waals surface area (Å²) in [6.07, 6.45) is 6.41. The molecule has 7 heteroatoms. The summed E-state index contributed by atoms with van der Waals surface area (Å²) in [5.74, 6) is 0. The van der Waals surface area contributed by atoms with Crippen LogP contribution in [0.1, 0.15) is 24.4 Å². The van der Waals surface area contributed by atoms with E-state index in [2.05, 4.69) is 48.3 Å². The molecule has 1 atom stereocenters. The molecule has 1 aromatic rings. The molecular formula is C12H14N4S2Zn. The number of hydrogen-bond donors (Lipinski definition) is 0. The Labute approximate surface area is 138 Å². The van der Waals surface area contributed by atoms with Gasteiger partial charge in [0.15, 0.2) is 0 Å². The number of hydrogen-bond acceptors (Lipinski definition) is 6. The van der Waals surface area contributed by atoms with Gasteiger partial charge in [0.2, 0.25) is 0 Å². The van der Waals surface area contributed by atoms with E-state index in [-0.39, 0.29) is 19.5 Å². The second-order valence-electron chi connectivity index (χ2n) is 3.61. The van der Waals surface area contributed by atoms with E-state index in [1.165, 1.54) is 35.8 Å². The molecule has 0 bridgehead atoms. The quantitative estimate of drug-likeness (QED) is 0.441. The van der Waals surface area contributed by atoms with Gasteiger partial charge >= 0.3 is 19.5 Å². The maximum absolute atomic E-state index is 7.13. The predicted octanol–water partition coefficient (Wildman–Crippen LogP) is 1.87. The molecule has 1 aliphatic heterocycles. The van der Waals surface area contributed by atoms with Crippen molar-refractivity contribution in [3.8, 4) is 10.8 Å². The van der Waals surface area contributed by atoms with Crippen LogP contribution in [0.5, 0.6) is 0 Å². The minimum absolute atomic E-state index is 0. The van der Waals surface area contributed by atoms with Crippen LogP contribution in [0.15, 0.2) is 24.5 Å². The van der Waals surface area contributed by atoms with Crippen molar-refractivity contribution >= 4 is 25.3 Å². The molecule has 0 radical (unpaired) electrons. The molecule has 0 saturated carbocycles. The zero-order chi connectivity index (χ0) is 13.8. The van der Waals surface area contributed by atoms with Crippen molar-refractivity contribution in [2.24, 2.45) is 0 Å². The molecule has 2 heterocycles. The summed E-state index contributed by atoms with van der Waals surface area (Å²) in [6.45, 7) is 1.22. The van der Waals surface area contributed by atoms with Crippen molar-refractivity contribution in [2.75, 3.05) is 13.6 Å². The first-order valence-electron chi connectivity index (χ1n) is 5.33. The third kappa shape index (κ3) is 8.80. The first kappa shape index (κ1) is 20.5. The molecule has 4 nitrogen and oxygen atoms in total. The van der Waals surface area contributed by atoms with Gasteiger partial charge in [0.25, 0.3) is 0 Å². The Hall–Kier alpha value is -0.847. The van der Waals surface area contributed by atoms with E-state index in [1.807, 2.05) is 18.5 Å². The average Bonchev–Trinajstić information content (AvgIpc) is 2.79. The van der Waals surface area contributed by atoms with Crippen molar-refractivity contribution in [1.29, 1.82) is 10.5 Å². The number of likely N-dealkylation sites (tertiary alicyclic amines) is 1. The van der Waals surface area contributed by atoms with E-state index in [0.717, 1.165) is 0 Å². The number of nitrogens with zero attached hydrogens (tertiary/aromatic N) is 4. The van der Waals surface area contributed by atoms with Gasteiger partial charge < -0.3 is 25.3 Å². The average molecular weight is 344 g/mol. The van der Waals surface area contributed by atoms with Gasteiger partial charge in [-0.3, -0.25) is 9.88 Å². The van der Waals surface area contributed by atoms with Crippen molar-refractivity contribution < 1.29 is 19.5 Å². The number of pyridine rings is 1. The number of nitriles is 2. The Bertz CT molecular complexity index is 390. The van der Waals surface area contributed by atoms with Crippen molar-refractivity contribution in [2.45, 2.75) is 18.9 Å². The Morgan fingerprint density at radius 1 is 1.37 bits per heavy atom. The maximum atomic E-state index is 7.13. The second kappa shape index (κ2) is 13.6. The van der Waals surface area contributed by atoms with E-state index in [4.69, 9.17) is 10.5 Å². The fourth-order valence-corrected chi connectivity index (χ4v) is 1.90. The maximum Gasteiger partial charge on any atom is 2.00 e. The Kier molecular flexibility index (Phi) is 14.6. The fraction of sp³-hybridized carbons (Fsp3) is 0.417. The fourth-order valence-electron chi connectivity index (χ4n) is 1.90. The first-order chi connectivity index (χ1) is 8.71. The molecule has 0 spiro atoms. The summed E-state index contributed by atoms with van der Waals surface area (Å²) in [4.78, 5) is 6.54. The topological polar surface area (TPSA) is 63.7 Å². The summed E-state index contributed by atoms with van der Waals surface area (Å²) in [7, 11) is 2.19. The zero-order valence-electron chi connectivity index (χ0n) is 10.8. The van der Waals surface area contributed by atoms with Crippen LogP contribution in [0, 0.1) is 21.3 Å². The first-order valence-corrected chi connectivity index (χ1v) is 6.15. The number of aromatic nitrogens is 1. The molecule has 1 aromatic heterocycles. The molecule has 0 aliphatic carbocycles. The molecule has 1 saturated heterocycles. The summed E-state index contributed by atoms with van der Waals surface area (Å²) >= 11 is 7.40. The molecule has 0 amide bonds. The van der Waals surface area contributed by atoms with E-state index in [0.29, 0.717) is 6.04 Å². The zero-order valence-corrected chi connectivity index (χ0v) is 15.4. The summed E-state index contributed by atoms with van der Waals surface area (Å²) in [6, 6.07) is 4.79. The van der Waals surface area contributed by atoms with E-state index in [1.54, 1.807) is 0 Å². The summed E-state index contributed by atoms with van der Waals surface area (Å²) in [5.41, 5.74) is 1.36. The van der Waals surface area contributed by atoms with Gasteiger partial charge in [0, 0.05) is 18.4 Å². The monoisotopic (exact) mass is 342 g/mol. The van der Waals surface area contributed by atoms with Gasteiger partial charge in [-0.1, -0.05) is 16.9 Å². The number of rotatable bonds is 1. The SMILES string of the molecule is CN1CCC[C@H]1c1cccnc1.N#C[S-].N#C[S-].[Zn+2]. The van der Waals surface area contributed by atoms with Gasteiger partial charge in [-0.05, 0) is 38.1 Å². The molecule has 0 unspecified atom stereocenters.